The van der Waals surface area contributed by atoms with Gasteiger partial charge < -0.3 is 0 Å². The molecule has 1 radical (unpaired) electrons. The first-order chi connectivity index (χ1) is 1.41. The van der Waals surface area contributed by atoms with E-state index in [1.165, 1.54) is 0 Å². The molecule has 0 fully saturated rings. The summed E-state index contributed by atoms with van der Waals surface area (Å²) in [5.74, 6) is 0. The van der Waals surface area contributed by atoms with Gasteiger partial charge in [0.2, 0.25) is 0 Å². The van der Waals surface area contributed by atoms with Crippen LogP contribution in [0.3, 0.4) is 0 Å². The topological polar surface area (TPSA) is 0 Å². The fourth-order valence-corrected chi connectivity index (χ4v) is 0. The van der Waals surface area contributed by atoms with Crippen molar-refractivity contribution < 1.29 is 0 Å². The molecule has 0 spiro atoms. The number of hydrogen-bond acceptors (Lipinski definition) is 0. The van der Waals surface area contributed by atoms with Crippen molar-refractivity contribution in [1.29, 1.82) is 0 Å². The standard InChI is InChI=1S/C3H7.Li.H/c1-3-2;;/h1,3H2,2H3;;. The summed E-state index contributed by atoms with van der Waals surface area (Å²) in [5.41, 5.74) is 0. The fraction of sp³-hybridized carbons (Fsp3) is 0.667. The predicted octanol–water partition coefficient (Wildman–Crippen LogP) is 0.582. The summed E-state index contributed by atoms with van der Waals surface area (Å²) in [6.45, 7) is 5.50. The van der Waals surface area contributed by atoms with Crippen molar-refractivity contribution in [3.8, 4) is 0 Å². The van der Waals surface area contributed by atoms with E-state index in [4.69, 9.17) is 0 Å². The molecule has 4 heavy (non-hydrogen) atoms. The Morgan fingerprint density at radius 1 is 1.75 bits per heavy atom. The Kier molecular flexibility index (Phi) is 21.0. The van der Waals surface area contributed by atoms with Gasteiger partial charge in [-0.25, -0.2) is 0 Å². The molecule has 0 aliphatic carbocycles. The normalized spacial score (nSPS) is 4.50. The Bertz CT molecular complexity index is 3.25. The van der Waals surface area contributed by atoms with Crippen LogP contribution in [0.5, 0.6) is 0 Å². The van der Waals surface area contributed by atoms with Crippen molar-refractivity contribution in [3.63, 3.8) is 0 Å². The van der Waals surface area contributed by atoms with E-state index in [1.54, 1.807) is 0 Å². The van der Waals surface area contributed by atoms with Crippen molar-refractivity contribution in [2.45, 2.75) is 13.3 Å². The van der Waals surface area contributed by atoms with Crippen molar-refractivity contribution in [1.82, 2.24) is 0 Å². The average Bonchev–Trinajstić information content (AvgIpc) is 0.918. The van der Waals surface area contributed by atoms with Gasteiger partial charge in [0.05, 0.1) is 0 Å². The van der Waals surface area contributed by atoms with Crippen LogP contribution in [0.25, 0.3) is 0 Å². The molecule has 0 aliphatic heterocycles. The van der Waals surface area contributed by atoms with Crippen molar-refractivity contribution in [3.05, 3.63) is 6.92 Å². The van der Waals surface area contributed by atoms with Gasteiger partial charge in [-0.05, 0) is 0 Å². The zero-order valence-corrected chi connectivity index (χ0v) is 2.41. The average molecular weight is 51.0 g/mol. The Morgan fingerprint density at radius 3 is 1.75 bits per heavy atom. The predicted molar refractivity (Wildman–Crippen MR) is 22.8 cm³/mol. The summed E-state index contributed by atoms with van der Waals surface area (Å²) >= 11 is 0. The van der Waals surface area contributed by atoms with Gasteiger partial charge in [0.25, 0.3) is 0 Å². The zero-order valence-electron chi connectivity index (χ0n) is 2.41. The van der Waals surface area contributed by atoms with Crippen LogP contribution in [0.2, 0.25) is 0 Å². The van der Waals surface area contributed by atoms with E-state index in [0.717, 1.165) is 6.42 Å². The summed E-state index contributed by atoms with van der Waals surface area (Å²) in [4.78, 5) is 0. The van der Waals surface area contributed by atoms with Gasteiger partial charge in [-0.2, -0.15) is 0 Å². The molecule has 0 unspecified atom stereocenters. The molecule has 0 rings (SSSR count). The van der Waals surface area contributed by atoms with E-state index >= 15 is 0 Å². The van der Waals surface area contributed by atoms with Crippen LogP contribution in [0.1, 0.15) is 13.3 Å². The molecule has 0 saturated carbocycles. The third-order valence-corrected chi connectivity index (χ3v) is 0. The maximum absolute atomic E-state index is 3.49. The number of rotatable bonds is 0. The Morgan fingerprint density at radius 2 is 1.75 bits per heavy atom. The molecular formula is C3H8Li. The second-order valence-corrected chi connectivity index (χ2v) is 0.500. The monoisotopic (exact) mass is 51.1 g/mol. The summed E-state index contributed by atoms with van der Waals surface area (Å²) in [5, 5.41) is 0. The van der Waals surface area contributed by atoms with Crippen LogP contribution in [-0.4, -0.2) is 18.9 Å². The number of hydrogen-bond donors (Lipinski definition) is 0. The van der Waals surface area contributed by atoms with Crippen LogP contribution < -0.4 is 0 Å². The van der Waals surface area contributed by atoms with Gasteiger partial charge in [-0.15, -0.1) is 0 Å². The first-order valence-electron chi connectivity index (χ1n) is 1.21. The van der Waals surface area contributed by atoms with Crippen molar-refractivity contribution in [2.24, 2.45) is 0 Å². The Labute approximate surface area is 39.8 Å². The molecule has 0 bridgehead atoms. The summed E-state index contributed by atoms with van der Waals surface area (Å²) in [6, 6.07) is 0. The summed E-state index contributed by atoms with van der Waals surface area (Å²) < 4.78 is 0. The van der Waals surface area contributed by atoms with Gasteiger partial charge in [0.1, 0.15) is 0 Å². The molecule has 0 heterocycles. The third-order valence-electron chi connectivity index (χ3n) is 0. The van der Waals surface area contributed by atoms with Crippen LogP contribution >= 0.6 is 0 Å². The molecule has 0 aromatic rings. The molecular weight excluding hydrogens is 43.0 g/mol. The second kappa shape index (κ2) is 9.51. The van der Waals surface area contributed by atoms with Gasteiger partial charge in [0.15, 0.2) is 0 Å². The zero-order chi connectivity index (χ0) is 2.71. The van der Waals surface area contributed by atoms with Gasteiger partial charge >= 0.3 is 18.9 Å². The van der Waals surface area contributed by atoms with Gasteiger partial charge in [0, 0.05) is 0 Å². The summed E-state index contributed by atoms with van der Waals surface area (Å²) in [6.07, 6.45) is 1.00. The quantitative estimate of drug-likeness (QED) is 0.353. The molecule has 0 amide bonds. The maximum atomic E-state index is 3.49. The van der Waals surface area contributed by atoms with Crippen LogP contribution in [0, 0.1) is 6.92 Å². The van der Waals surface area contributed by atoms with Crippen molar-refractivity contribution in [2.75, 3.05) is 0 Å². The molecule has 0 saturated heterocycles. The van der Waals surface area contributed by atoms with Crippen molar-refractivity contribution >= 4 is 18.9 Å². The van der Waals surface area contributed by atoms with Crippen LogP contribution in [0.4, 0.5) is 0 Å². The molecule has 0 nitrogen and oxygen atoms in total. The summed E-state index contributed by atoms with van der Waals surface area (Å²) in [7, 11) is 0. The van der Waals surface area contributed by atoms with E-state index in [9.17, 15) is 0 Å². The van der Waals surface area contributed by atoms with E-state index in [1.807, 2.05) is 6.92 Å². The third kappa shape index (κ3) is 18.6. The van der Waals surface area contributed by atoms with E-state index in [0.29, 0.717) is 0 Å². The first kappa shape index (κ1) is 8.82. The fourth-order valence-electron chi connectivity index (χ4n) is 0. The SMILES string of the molecule is [CH2]CC.[LiH]. The molecule has 1 heteroatoms. The molecule has 0 N–H and O–H groups in total. The van der Waals surface area contributed by atoms with Crippen LogP contribution in [-0.2, 0) is 0 Å². The first-order valence-corrected chi connectivity index (χ1v) is 1.21. The minimum atomic E-state index is 0. The van der Waals surface area contributed by atoms with E-state index < -0.39 is 0 Å². The van der Waals surface area contributed by atoms with E-state index in [2.05, 4.69) is 6.92 Å². The molecule has 0 aliphatic rings. The molecule has 0 aromatic carbocycles. The van der Waals surface area contributed by atoms with Gasteiger partial charge in [-0.1, -0.05) is 20.3 Å². The Balaban J connectivity index is 0. The molecule has 21 valence electrons. The van der Waals surface area contributed by atoms with E-state index in [-0.39, 0.29) is 18.9 Å². The second-order valence-electron chi connectivity index (χ2n) is 0.500. The molecule has 0 atom stereocenters. The van der Waals surface area contributed by atoms with Gasteiger partial charge in [-0.3, -0.25) is 0 Å². The minimum absolute atomic E-state index is 0. The Hall–Kier alpha value is 0.597. The van der Waals surface area contributed by atoms with Crippen LogP contribution in [0.15, 0.2) is 0 Å². The molecule has 0 aromatic heterocycles.